The van der Waals surface area contributed by atoms with Gasteiger partial charge in [0.1, 0.15) is 25.4 Å². The second-order valence-electron chi connectivity index (χ2n) is 9.45. The summed E-state index contributed by atoms with van der Waals surface area (Å²) < 4.78 is 19.5. The van der Waals surface area contributed by atoms with Crippen molar-refractivity contribution in [2.45, 2.75) is 63.8 Å². The molecule has 3 heterocycles. The van der Waals surface area contributed by atoms with Crippen LogP contribution in [0.5, 0.6) is 0 Å². The van der Waals surface area contributed by atoms with Gasteiger partial charge in [0, 0.05) is 28.3 Å². The molecule has 0 spiro atoms. The van der Waals surface area contributed by atoms with Crippen molar-refractivity contribution in [2.75, 3.05) is 36.4 Å². The molecule has 3 saturated heterocycles. The summed E-state index contributed by atoms with van der Waals surface area (Å²) in [4.78, 5) is 31.6. The van der Waals surface area contributed by atoms with Gasteiger partial charge >= 0.3 is 47.8 Å². The van der Waals surface area contributed by atoms with Gasteiger partial charge in [-0.3, -0.25) is 4.29 Å². The molecule has 10 nitrogen and oxygen atoms in total. The molecule has 0 saturated carbocycles. The number of hydrogen-bond donors (Lipinski definition) is 2. The maximum absolute atomic E-state index is 10.7. The van der Waals surface area contributed by atoms with E-state index < -0.39 is 11.6 Å². The van der Waals surface area contributed by atoms with E-state index in [1.807, 2.05) is 41.5 Å². The Balaban J connectivity index is -0.000000402. The minimum Gasteiger partial charge on any atom is -1.00 e. The molecule has 0 aromatic carbocycles. The van der Waals surface area contributed by atoms with Crippen LogP contribution in [0.2, 0.25) is 0 Å². The maximum Gasteiger partial charge on any atom is 1.00 e. The molecule has 3 atom stereocenters. The fourth-order valence-corrected chi connectivity index (χ4v) is 3.03. The molecule has 17 heteroatoms. The second kappa shape index (κ2) is 18.4. The Morgan fingerprint density at radius 2 is 1.36 bits per heavy atom. The molecular formula is C19H32Br3Cl3N3NaO7. The van der Waals surface area contributed by atoms with Gasteiger partial charge in [0.05, 0.1) is 28.5 Å². The summed E-state index contributed by atoms with van der Waals surface area (Å²) in [6.07, 6.45) is -1.17. The first-order chi connectivity index (χ1) is 15.5. The Morgan fingerprint density at radius 3 is 1.50 bits per heavy atom. The third-order valence-electron chi connectivity index (χ3n) is 4.10. The van der Waals surface area contributed by atoms with Gasteiger partial charge in [-0.25, -0.2) is 18.8 Å². The molecule has 0 radical (unpaired) electrons. The van der Waals surface area contributed by atoms with Crippen molar-refractivity contribution in [1.29, 1.82) is 0 Å². The normalized spacial score (nSPS) is 28.0. The van der Waals surface area contributed by atoms with Gasteiger partial charge < -0.3 is 41.8 Å². The topological polar surface area (TPSA) is 115 Å². The van der Waals surface area contributed by atoms with E-state index in [1.54, 1.807) is 0 Å². The molecule has 0 bridgehead atoms. The Hall–Kier alpha value is 1.08. The number of nitrogens with one attached hydrogen (secondary N) is 2. The number of amides is 3. The predicted molar refractivity (Wildman–Crippen MR) is 138 cm³/mol. The number of halogens is 6. The number of ether oxygens (including phenoxy) is 3. The number of cyclic esters (lactones) is 3. The van der Waals surface area contributed by atoms with Crippen molar-refractivity contribution in [2.24, 2.45) is 0 Å². The van der Waals surface area contributed by atoms with E-state index in [2.05, 4.69) is 56.3 Å². The minimum absolute atomic E-state index is 0. The van der Waals surface area contributed by atoms with Crippen molar-refractivity contribution in [3.63, 3.8) is 0 Å². The minimum atomic E-state index is -0.469. The van der Waals surface area contributed by atoms with E-state index in [4.69, 9.17) is 40.0 Å². The molecule has 3 rings (SSSR count). The quantitative estimate of drug-likeness (QED) is 0.169. The average molecular weight is 784 g/mol. The average Bonchev–Trinajstić information content (AvgIpc) is 3.41. The Labute approximate surface area is 277 Å². The molecule has 0 aromatic rings. The number of hydrogen-bond acceptors (Lipinski definition) is 7. The van der Waals surface area contributed by atoms with Gasteiger partial charge in [-0.1, -0.05) is 31.9 Å². The van der Waals surface area contributed by atoms with Crippen LogP contribution in [-0.2, 0) is 18.5 Å². The predicted octanol–water partition coefficient (Wildman–Crippen LogP) is -0.687. The molecule has 0 aromatic heterocycles. The number of carbonyl (C=O) groups is 3. The number of nitrogens with zero attached hydrogens (tertiary/aromatic N) is 1. The molecule has 2 N–H and O–H groups in total. The largest absolute Gasteiger partial charge is 1.00 e. The summed E-state index contributed by atoms with van der Waals surface area (Å²) in [6.45, 7) is 12.4. The molecule has 36 heavy (non-hydrogen) atoms. The molecule has 208 valence electrons. The van der Waals surface area contributed by atoms with Crippen LogP contribution >= 0.6 is 67.1 Å². The van der Waals surface area contributed by atoms with Gasteiger partial charge in [0.2, 0.25) is 0 Å². The van der Waals surface area contributed by atoms with E-state index >= 15 is 0 Å². The van der Waals surface area contributed by atoms with Crippen LogP contribution in [0.25, 0.3) is 0 Å². The van der Waals surface area contributed by atoms with Crippen molar-refractivity contribution in [3.05, 3.63) is 0 Å². The zero-order valence-electron chi connectivity index (χ0n) is 21.3. The molecule has 0 aliphatic carbocycles. The van der Waals surface area contributed by atoms with Gasteiger partial charge in [0.15, 0.2) is 0 Å². The monoisotopic (exact) mass is 779 g/mol. The van der Waals surface area contributed by atoms with Crippen LogP contribution in [0.3, 0.4) is 0 Å². The smallest absolute Gasteiger partial charge is 1.00 e. The molecule has 3 aliphatic heterocycles. The fraction of sp³-hybridized carbons (Fsp3) is 0.842. The van der Waals surface area contributed by atoms with Crippen LogP contribution in [0.4, 0.5) is 14.4 Å². The maximum atomic E-state index is 10.7. The number of rotatable bonds is 3. The van der Waals surface area contributed by atoms with Crippen LogP contribution in [0.15, 0.2) is 0 Å². The van der Waals surface area contributed by atoms with Crippen molar-refractivity contribution in [3.8, 4) is 0 Å². The Morgan fingerprint density at radius 1 is 0.944 bits per heavy atom. The van der Waals surface area contributed by atoms with Crippen molar-refractivity contribution < 1.29 is 79.4 Å². The molecular weight excluding hydrogens is 751 g/mol. The van der Waals surface area contributed by atoms with Crippen LogP contribution in [-0.4, -0.2) is 81.3 Å². The van der Waals surface area contributed by atoms with Gasteiger partial charge in [-0.2, -0.15) is 0 Å². The summed E-state index contributed by atoms with van der Waals surface area (Å²) in [5.74, 6) is 0.388. The van der Waals surface area contributed by atoms with Gasteiger partial charge in [-0.05, 0) is 41.5 Å². The fourth-order valence-electron chi connectivity index (χ4n) is 1.87. The Bertz CT molecular complexity index is 683. The van der Waals surface area contributed by atoms with Crippen molar-refractivity contribution >= 4 is 85.4 Å². The first-order valence-corrected chi connectivity index (χ1v) is 13.4. The molecule has 3 unspecified atom stereocenters. The van der Waals surface area contributed by atoms with E-state index in [1.165, 1.54) is 0 Å². The van der Waals surface area contributed by atoms with Crippen LogP contribution in [0.1, 0.15) is 41.5 Å². The summed E-state index contributed by atoms with van der Waals surface area (Å²) >= 11 is 22.6. The third-order valence-corrected chi connectivity index (χ3v) is 8.15. The molecule has 3 amide bonds. The Kier molecular flexibility index (Phi) is 21.3. The second-order valence-corrected chi connectivity index (χ2v) is 11.3. The third kappa shape index (κ3) is 15.6. The first kappa shape index (κ1) is 41.6. The zero-order valence-corrected chi connectivity index (χ0v) is 30.3. The summed E-state index contributed by atoms with van der Waals surface area (Å²) in [5.41, 5.74) is -1.13. The number of alkyl halides is 3. The van der Waals surface area contributed by atoms with E-state index in [9.17, 15) is 14.4 Å². The van der Waals surface area contributed by atoms with E-state index in [-0.39, 0.29) is 75.4 Å². The van der Waals surface area contributed by atoms with E-state index in [0.29, 0.717) is 31.0 Å². The first-order valence-electron chi connectivity index (χ1n) is 9.99. The van der Waals surface area contributed by atoms with Crippen LogP contribution < -0.4 is 57.2 Å². The van der Waals surface area contributed by atoms with E-state index in [0.717, 1.165) is 9.75 Å². The van der Waals surface area contributed by atoms with Crippen molar-refractivity contribution in [1.82, 2.24) is 15.1 Å². The standard InChI is InChI=1S/C5H7BrClNO2.C5H8BrNO2.C5H8ClNO2.C4H9ClO.BrH.Na/c1-5(2-6)3-10-4(9)8(5)7;2*1-5(2-6)3-9-4(8)7-5;1-4(2,3)6-5;;/h2-3H2,1H3;2*2-3H2,1H3,(H,7,8);1-3H3;1H;/q;;;;;+1/p-1. The molecule has 3 fully saturated rings. The summed E-state index contributed by atoms with van der Waals surface area (Å²) in [7, 11) is 0. The summed E-state index contributed by atoms with van der Waals surface area (Å²) in [5, 5.41) is 6.61. The zero-order chi connectivity index (χ0) is 26.8. The number of alkyl carbamates (subject to hydrolysis) is 2. The SMILES string of the molecule is CC(C)(C)OCl.CC1(CBr)COC(=O)N1.CC1(CBr)COC(=O)N1Cl.CC1(CCl)COC(=O)N1.[Br-].[Na+]. The van der Waals surface area contributed by atoms with Crippen LogP contribution in [0, 0.1) is 0 Å². The number of carbonyl (C=O) groups excluding carboxylic acids is 3. The van der Waals surface area contributed by atoms with Gasteiger partial charge in [-0.15, -0.1) is 11.6 Å². The summed E-state index contributed by atoms with van der Waals surface area (Å²) in [6, 6.07) is 0. The molecule has 3 aliphatic rings. The van der Waals surface area contributed by atoms with Gasteiger partial charge in [0.25, 0.3) is 0 Å².